The molecule has 340 valence electrons. The fourth-order valence-electron chi connectivity index (χ4n) is 12.8. The van der Waals surface area contributed by atoms with Crippen LogP contribution < -0.4 is 4.46 Å². The molecule has 5 atom stereocenters. The van der Waals surface area contributed by atoms with Gasteiger partial charge in [-0.05, 0) is 0 Å². The summed E-state index contributed by atoms with van der Waals surface area (Å²) in [6.45, 7) is 58.6. The Balaban J connectivity index is 3.25. The monoisotopic (exact) mass is 945 g/mol. The molecule has 0 spiro atoms. The van der Waals surface area contributed by atoms with Crippen molar-refractivity contribution in [2.24, 2.45) is 0 Å². The topological polar surface area (TPSA) is 46.2 Å². The molecule has 0 saturated carbocycles. The van der Waals surface area contributed by atoms with Crippen LogP contribution in [0.25, 0.3) is 0 Å². The molecular weight excluding hydrogens is 848 g/mol. The van der Waals surface area contributed by atoms with Crippen molar-refractivity contribution >= 4 is 52.7 Å². The molecule has 0 N–H and O–H groups in total. The third-order valence-electron chi connectivity index (χ3n) is 14.9. The molecule has 5 nitrogen and oxygen atoms in total. The third kappa shape index (κ3) is 11.0. The van der Waals surface area contributed by atoms with E-state index in [0.29, 0.717) is 73.1 Å². The Morgan fingerprint density at radius 1 is 0.414 bits per heavy atom. The molecule has 1 saturated heterocycles. The van der Waals surface area contributed by atoms with Gasteiger partial charge in [-0.1, -0.05) is 0 Å². The zero-order chi connectivity index (χ0) is 44.9. The van der Waals surface area contributed by atoms with Gasteiger partial charge in [-0.3, -0.25) is 0 Å². The van der Waals surface area contributed by atoms with E-state index in [1.165, 1.54) is 4.46 Å². The summed E-state index contributed by atoms with van der Waals surface area (Å²) >= 11 is -0.0368. The number of ether oxygens (including phenoxy) is 1. The Kier molecular flexibility index (Phi) is 21.0. The molecule has 1 aromatic carbocycles. The Morgan fingerprint density at radius 2 is 0.707 bits per heavy atom. The van der Waals surface area contributed by atoms with Gasteiger partial charge in [-0.15, -0.1) is 0 Å². The summed E-state index contributed by atoms with van der Waals surface area (Å²) in [4.78, 5) is 0. The van der Waals surface area contributed by atoms with Crippen LogP contribution in [-0.4, -0.2) is 84.3 Å². The molecule has 0 bridgehead atoms. The fraction of sp³-hybridized carbons (Fsp3) is 0.875. The molecule has 2 rings (SSSR count). The van der Waals surface area contributed by atoms with Crippen LogP contribution in [0, 0.1) is 0 Å². The van der Waals surface area contributed by atoms with Crippen molar-refractivity contribution in [2.75, 3.05) is 6.61 Å². The molecule has 1 fully saturated rings. The molecular formula is C48H96O5SeSi4. The summed E-state index contributed by atoms with van der Waals surface area (Å²) in [6.07, 6.45) is -1.13. The van der Waals surface area contributed by atoms with Gasteiger partial charge in [0.1, 0.15) is 0 Å². The zero-order valence-electron chi connectivity index (χ0n) is 42.4. The van der Waals surface area contributed by atoms with Gasteiger partial charge in [0.15, 0.2) is 0 Å². The predicted molar refractivity (Wildman–Crippen MR) is 265 cm³/mol. The second-order valence-electron chi connectivity index (χ2n) is 21.8. The molecule has 1 heterocycles. The van der Waals surface area contributed by atoms with Crippen LogP contribution >= 0.6 is 0 Å². The van der Waals surface area contributed by atoms with Gasteiger partial charge in [0.25, 0.3) is 0 Å². The van der Waals surface area contributed by atoms with Gasteiger partial charge in [-0.25, -0.2) is 0 Å². The summed E-state index contributed by atoms with van der Waals surface area (Å²) in [6, 6.07) is 11.1. The minimum absolute atomic E-state index is 0.0368. The van der Waals surface area contributed by atoms with E-state index in [-0.39, 0.29) is 44.4 Å². The molecule has 1 aliphatic rings. The zero-order valence-corrected chi connectivity index (χ0v) is 48.1. The van der Waals surface area contributed by atoms with E-state index >= 15 is 0 Å². The summed E-state index contributed by atoms with van der Waals surface area (Å²) in [7, 11) is -9.66. The summed E-state index contributed by atoms with van der Waals surface area (Å²) in [5.41, 5.74) is 5.15. The second-order valence-corrected chi connectivity index (χ2v) is 45.9. The third-order valence-corrected chi connectivity index (χ3v) is 41.7. The predicted octanol–water partition coefficient (Wildman–Crippen LogP) is 14.6. The first kappa shape index (κ1) is 54.5. The van der Waals surface area contributed by atoms with Crippen molar-refractivity contribution in [3.8, 4) is 0 Å². The normalized spacial score (nSPS) is 22.1. The van der Waals surface area contributed by atoms with Crippen LogP contribution in [0.15, 0.2) is 30.3 Å². The number of benzene rings is 1. The maximum absolute atomic E-state index is 8.35. The Hall–Kier alpha value is 0.407. The molecule has 0 amide bonds. The van der Waals surface area contributed by atoms with Gasteiger partial charge in [0.2, 0.25) is 0 Å². The van der Waals surface area contributed by atoms with E-state index in [1.54, 1.807) is 0 Å². The molecule has 0 aliphatic carbocycles. The van der Waals surface area contributed by atoms with Gasteiger partial charge >= 0.3 is 374 Å². The molecule has 1 aliphatic heterocycles. The molecule has 58 heavy (non-hydrogen) atoms. The minimum atomic E-state index is -2.49. The van der Waals surface area contributed by atoms with Crippen molar-refractivity contribution in [3.63, 3.8) is 0 Å². The molecule has 0 radical (unpaired) electrons. The van der Waals surface area contributed by atoms with Crippen molar-refractivity contribution in [1.29, 1.82) is 0 Å². The standard InChI is InChI=1S/C48H96O5SeSi4/c1-31(2)55(32(3)4,33(5)6)49-30-44-45(51-56(34(7)8,35(9)10)36(11)12)46(52-57(37(13)14,38(15)16)39(17)18)47(48(50-44)54-43-28-26-25-27-29-43)53-58(40(19)20,41(21)22)42(23)24/h25-29,31-42,44-48H,30H2,1-24H3/t44-,45-,46+,47-,48+/m1/s1. The number of hydrogen-bond donors (Lipinski definition) is 0. The van der Waals surface area contributed by atoms with Crippen molar-refractivity contribution < 1.29 is 22.4 Å². The number of rotatable bonds is 23. The van der Waals surface area contributed by atoms with Crippen LogP contribution in [-0.2, 0) is 22.4 Å². The SMILES string of the molecule is CC(C)[Si](OC[C@H]1O[C@@H]([Se]c2ccccc2)[C@H](O[Si](C(C)C)(C(C)C)C(C)C)[C@@H](O[Si](C(C)C)(C(C)C)C(C)C)[C@@H]1O[Si](C(C)C)(C(C)C)C(C)C)(C(C)C)C(C)C. The molecule has 0 aromatic heterocycles. The van der Waals surface area contributed by atoms with Crippen molar-refractivity contribution in [2.45, 2.75) is 262 Å². The van der Waals surface area contributed by atoms with Crippen LogP contribution in [0.2, 0.25) is 66.5 Å². The van der Waals surface area contributed by atoms with E-state index in [0.717, 1.165) is 0 Å². The van der Waals surface area contributed by atoms with Gasteiger partial charge in [-0.2, -0.15) is 0 Å². The Morgan fingerprint density at radius 3 is 1.02 bits per heavy atom. The van der Waals surface area contributed by atoms with E-state index in [2.05, 4.69) is 197 Å². The van der Waals surface area contributed by atoms with Crippen molar-refractivity contribution in [3.05, 3.63) is 30.3 Å². The van der Waals surface area contributed by atoms with E-state index in [1.807, 2.05) is 0 Å². The molecule has 10 heteroatoms. The first-order chi connectivity index (χ1) is 26.7. The Bertz CT molecular complexity index is 1250. The Labute approximate surface area is 372 Å². The van der Waals surface area contributed by atoms with Crippen LogP contribution in [0.3, 0.4) is 0 Å². The summed E-state index contributed by atoms with van der Waals surface area (Å²) < 4.78 is 41.6. The fourth-order valence-corrected chi connectivity index (χ4v) is 37.5. The van der Waals surface area contributed by atoms with Crippen LogP contribution in [0.5, 0.6) is 0 Å². The van der Waals surface area contributed by atoms with Crippen LogP contribution in [0.4, 0.5) is 0 Å². The average molecular weight is 945 g/mol. The van der Waals surface area contributed by atoms with Crippen LogP contribution in [0.1, 0.15) is 166 Å². The molecule has 0 unspecified atom stereocenters. The summed E-state index contributed by atoms with van der Waals surface area (Å²) in [5, 5.41) is -0.156. The van der Waals surface area contributed by atoms with Gasteiger partial charge in [0.05, 0.1) is 0 Å². The summed E-state index contributed by atoms with van der Waals surface area (Å²) in [5.74, 6) is 0. The maximum atomic E-state index is 8.35. The first-order valence-electron chi connectivity index (χ1n) is 23.7. The van der Waals surface area contributed by atoms with Gasteiger partial charge in [0, 0.05) is 0 Å². The van der Waals surface area contributed by atoms with E-state index in [9.17, 15) is 0 Å². The molecule has 1 aromatic rings. The van der Waals surface area contributed by atoms with E-state index < -0.39 is 33.3 Å². The average Bonchev–Trinajstić information content (AvgIpc) is 3.08. The quantitative estimate of drug-likeness (QED) is 0.102. The number of hydrogen-bond acceptors (Lipinski definition) is 5. The second kappa shape index (κ2) is 22.3. The van der Waals surface area contributed by atoms with Gasteiger partial charge < -0.3 is 0 Å². The van der Waals surface area contributed by atoms with Crippen molar-refractivity contribution in [1.82, 2.24) is 0 Å². The van der Waals surface area contributed by atoms with E-state index in [4.69, 9.17) is 22.4 Å². The first-order valence-corrected chi connectivity index (χ1v) is 34.1.